The average Bonchev–Trinajstić information content (AvgIpc) is 2.64. The lowest BCUT2D eigenvalue weighted by Crippen LogP contribution is -2.54. The number of hydrogen-bond donors (Lipinski definition) is 2. The fourth-order valence-electron chi connectivity index (χ4n) is 2.81. The van der Waals surface area contributed by atoms with Crippen LogP contribution in [0.15, 0.2) is 12.3 Å². The molecule has 0 spiro atoms. The van der Waals surface area contributed by atoms with Crippen LogP contribution in [0.4, 0.5) is 0 Å². The standard InChI is InChI=1S/C20H34Cl3N3O3/c1-8-12(3)10-17(14(5)29-7)26(15(6)27)19(24)16(25-18(28)9-2)11-13(4)20(21,22)23/h12-13,16-17,24H,5,8-11H2,1-4,6-7H3,(H,25,28). The number of hydrogen-bond acceptors (Lipinski definition) is 4. The molecule has 0 saturated carbocycles. The minimum Gasteiger partial charge on any atom is -0.500 e. The van der Waals surface area contributed by atoms with Crippen molar-refractivity contribution in [2.24, 2.45) is 11.8 Å². The highest BCUT2D eigenvalue weighted by molar-refractivity contribution is 6.67. The van der Waals surface area contributed by atoms with Gasteiger partial charge in [-0.25, -0.2) is 0 Å². The molecule has 0 aromatic rings. The zero-order valence-electron chi connectivity index (χ0n) is 18.2. The Balaban J connectivity index is 6.01. The number of amides is 2. The number of nitrogens with one attached hydrogen (secondary N) is 2. The molecule has 0 aromatic carbocycles. The van der Waals surface area contributed by atoms with Crippen LogP contribution >= 0.6 is 34.8 Å². The number of methoxy groups -OCH3 is 1. The Morgan fingerprint density at radius 3 is 2.14 bits per heavy atom. The van der Waals surface area contributed by atoms with Gasteiger partial charge in [0.1, 0.15) is 11.6 Å². The molecule has 4 atom stereocenters. The van der Waals surface area contributed by atoms with Gasteiger partial charge in [0.2, 0.25) is 11.8 Å². The van der Waals surface area contributed by atoms with Crippen LogP contribution in [0.2, 0.25) is 0 Å². The zero-order chi connectivity index (χ0) is 22.9. The van der Waals surface area contributed by atoms with Gasteiger partial charge in [-0.2, -0.15) is 0 Å². The second-order valence-corrected chi connectivity index (χ2v) is 9.73. The number of alkyl halides is 3. The van der Waals surface area contributed by atoms with Gasteiger partial charge in [-0.1, -0.05) is 75.5 Å². The maximum atomic E-state index is 12.6. The Bertz CT molecular complexity index is 593. The van der Waals surface area contributed by atoms with Crippen molar-refractivity contribution in [1.82, 2.24) is 10.2 Å². The van der Waals surface area contributed by atoms with Crippen LogP contribution in [-0.4, -0.2) is 45.5 Å². The van der Waals surface area contributed by atoms with Crippen LogP contribution in [-0.2, 0) is 14.3 Å². The van der Waals surface area contributed by atoms with Gasteiger partial charge >= 0.3 is 0 Å². The van der Waals surface area contributed by atoms with Crippen molar-refractivity contribution in [2.75, 3.05) is 7.11 Å². The third-order valence-corrected chi connectivity index (χ3v) is 6.12. The molecule has 4 unspecified atom stereocenters. The minimum absolute atomic E-state index is 0.0769. The summed E-state index contributed by atoms with van der Waals surface area (Å²) in [4.78, 5) is 26.0. The first kappa shape index (κ1) is 28.0. The van der Waals surface area contributed by atoms with E-state index in [4.69, 9.17) is 44.9 Å². The summed E-state index contributed by atoms with van der Waals surface area (Å²) in [6.07, 6.45) is 1.87. The summed E-state index contributed by atoms with van der Waals surface area (Å²) in [6, 6.07) is -1.34. The minimum atomic E-state index is -1.57. The highest BCUT2D eigenvalue weighted by Gasteiger charge is 2.37. The summed E-state index contributed by atoms with van der Waals surface area (Å²) >= 11 is 18.0. The molecule has 0 radical (unpaired) electrons. The van der Waals surface area contributed by atoms with Crippen molar-refractivity contribution < 1.29 is 14.3 Å². The molecule has 0 aliphatic carbocycles. The molecule has 0 aromatic heterocycles. The van der Waals surface area contributed by atoms with E-state index in [0.717, 1.165) is 6.42 Å². The monoisotopic (exact) mass is 469 g/mol. The zero-order valence-corrected chi connectivity index (χ0v) is 20.4. The summed E-state index contributed by atoms with van der Waals surface area (Å²) in [7, 11) is 1.48. The maximum absolute atomic E-state index is 12.6. The van der Waals surface area contributed by atoms with Crippen molar-refractivity contribution in [2.45, 2.75) is 76.2 Å². The van der Waals surface area contributed by atoms with Gasteiger partial charge in [0.25, 0.3) is 0 Å². The normalized spacial score (nSPS) is 15.6. The Labute approximate surface area is 189 Å². The van der Waals surface area contributed by atoms with Gasteiger partial charge in [0, 0.05) is 19.3 Å². The van der Waals surface area contributed by atoms with Gasteiger partial charge in [-0.15, -0.1) is 0 Å². The second-order valence-electron chi connectivity index (χ2n) is 7.36. The third kappa shape index (κ3) is 9.14. The van der Waals surface area contributed by atoms with E-state index in [0.29, 0.717) is 12.2 Å². The molecule has 0 fully saturated rings. The molecule has 29 heavy (non-hydrogen) atoms. The second kappa shape index (κ2) is 12.7. The highest BCUT2D eigenvalue weighted by atomic mass is 35.6. The molecule has 0 heterocycles. The molecule has 2 N–H and O–H groups in total. The first-order valence-electron chi connectivity index (χ1n) is 9.76. The van der Waals surface area contributed by atoms with Crippen LogP contribution < -0.4 is 5.32 Å². The van der Waals surface area contributed by atoms with E-state index >= 15 is 0 Å². The molecule has 0 saturated heterocycles. The predicted octanol–water partition coefficient (Wildman–Crippen LogP) is 5.07. The number of ether oxygens (including phenoxy) is 1. The topological polar surface area (TPSA) is 82.5 Å². The number of halogens is 3. The Kier molecular flexibility index (Phi) is 12.2. The van der Waals surface area contributed by atoms with E-state index < -0.39 is 21.8 Å². The van der Waals surface area contributed by atoms with Crippen LogP contribution in [0.1, 0.15) is 60.3 Å². The molecule has 0 aliphatic rings. The SMILES string of the molecule is C=C(OC)C(CC(C)CC)N(C(=N)C(CC(C)C(Cl)(Cl)Cl)NC(=O)CC)C(C)=O. The average molecular weight is 471 g/mol. The number of nitrogens with zero attached hydrogens (tertiary/aromatic N) is 1. The summed E-state index contributed by atoms with van der Waals surface area (Å²) in [5.41, 5.74) is 0. The molecule has 168 valence electrons. The molecule has 0 aliphatic heterocycles. The number of carbonyl (C=O) groups is 2. The smallest absolute Gasteiger partial charge is 0.225 e. The Morgan fingerprint density at radius 1 is 1.21 bits per heavy atom. The van der Waals surface area contributed by atoms with Crippen molar-refractivity contribution in [3.8, 4) is 0 Å². The maximum Gasteiger partial charge on any atom is 0.225 e. The van der Waals surface area contributed by atoms with Crippen LogP contribution in [0.5, 0.6) is 0 Å². The molecule has 0 rings (SSSR count). The van der Waals surface area contributed by atoms with Gasteiger partial charge in [0.15, 0.2) is 3.79 Å². The largest absolute Gasteiger partial charge is 0.500 e. The van der Waals surface area contributed by atoms with E-state index in [9.17, 15) is 9.59 Å². The fraction of sp³-hybridized carbons (Fsp3) is 0.750. The molecule has 0 bridgehead atoms. The lowest BCUT2D eigenvalue weighted by molar-refractivity contribution is -0.127. The van der Waals surface area contributed by atoms with Crippen molar-refractivity contribution in [3.63, 3.8) is 0 Å². The predicted molar refractivity (Wildman–Crippen MR) is 121 cm³/mol. The summed E-state index contributed by atoms with van der Waals surface area (Å²) in [5, 5.41) is 11.5. The number of rotatable bonds is 11. The summed E-state index contributed by atoms with van der Waals surface area (Å²) in [6.45, 7) is 12.8. The highest BCUT2D eigenvalue weighted by Crippen LogP contribution is 2.37. The molecule has 9 heteroatoms. The lowest BCUT2D eigenvalue weighted by atomic mass is 9.95. The van der Waals surface area contributed by atoms with Gasteiger partial charge in [-0.05, 0) is 18.8 Å². The number of carbonyl (C=O) groups excluding carboxylic acids is 2. The molecule has 6 nitrogen and oxygen atoms in total. The number of amidine groups is 1. The van der Waals surface area contributed by atoms with E-state index in [-0.39, 0.29) is 36.4 Å². The van der Waals surface area contributed by atoms with Crippen LogP contribution in [0.25, 0.3) is 0 Å². The van der Waals surface area contributed by atoms with E-state index in [2.05, 4.69) is 18.8 Å². The van der Waals surface area contributed by atoms with Crippen LogP contribution in [0, 0.1) is 17.2 Å². The Hall–Kier alpha value is -0.980. The fourth-order valence-corrected chi connectivity index (χ4v) is 3.08. The van der Waals surface area contributed by atoms with Crippen molar-refractivity contribution in [3.05, 3.63) is 12.3 Å². The van der Waals surface area contributed by atoms with Gasteiger partial charge in [-0.3, -0.25) is 19.9 Å². The summed E-state index contributed by atoms with van der Waals surface area (Å²) < 4.78 is 3.75. The van der Waals surface area contributed by atoms with E-state index in [1.165, 1.54) is 18.9 Å². The molecule has 2 amide bonds. The van der Waals surface area contributed by atoms with Crippen LogP contribution in [0.3, 0.4) is 0 Å². The summed E-state index contributed by atoms with van der Waals surface area (Å²) in [5.74, 6) is -0.512. The van der Waals surface area contributed by atoms with E-state index in [1.54, 1.807) is 13.8 Å². The molecular formula is C20H34Cl3N3O3. The first-order chi connectivity index (χ1) is 13.3. The van der Waals surface area contributed by atoms with Gasteiger partial charge < -0.3 is 10.1 Å². The van der Waals surface area contributed by atoms with Gasteiger partial charge in [0.05, 0.1) is 19.2 Å². The lowest BCUT2D eigenvalue weighted by Gasteiger charge is -2.37. The van der Waals surface area contributed by atoms with Crippen molar-refractivity contribution in [1.29, 1.82) is 5.41 Å². The molecular weight excluding hydrogens is 437 g/mol. The quantitative estimate of drug-likeness (QED) is 0.191. The third-order valence-electron chi connectivity index (χ3n) is 5.00. The van der Waals surface area contributed by atoms with Crippen molar-refractivity contribution >= 4 is 52.5 Å². The Morgan fingerprint density at radius 2 is 1.76 bits per heavy atom. The van der Waals surface area contributed by atoms with E-state index in [1.807, 2.05) is 6.92 Å². The first-order valence-corrected chi connectivity index (χ1v) is 10.9.